The van der Waals surface area contributed by atoms with Gasteiger partial charge in [0.05, 0.1) is 13.2 Å². The van der Waals surface area contributed by atoms with Crippen molar-refractivity contribution in [2.45, 2.75) is 19.9 Å². The van der Waals surface area contributed by atoms with E-state index >= 15 is 0 Å². The highest BCUT2D eigenvalue weighted by Gasteiger charge is 2.28. The average Bonchev–Trinajstić information content (AvgIpc) is 2.13. The predicted molar refractivity (Wildman–Crippen MR) is 50.7 cm³/mol. The van der Waals surface area contributed by atoms with E-state index in [1.54, 1.807) is 6.92 Å². The molecule has 0 spiro atoms. The van der Waals surface area contributed by atoms with Crippen molar-refractivity contribution in [3.8, 4) is 0 Å². The van der Waals surface area contributed by atoms with Crippen LogP contribution in [-0.4, -0.2) is 49.1 Å². The second kappa shape index (κ2) is 4.95. The lowest BCUT2D eigenvalue weighted by Crippen LogP contribution is -2.57. The molecule has 0 aromatic carbocycles. The standard InChI is InChI=1S/C9H16N2O3/c1-3-14-5-4-11-6-8(12)10-7(2)9(11)13/h7H,3-6H2,1-2H3,(H,10,12). The molecule has 1 unspecified atom stereocenters. The van der Waals surface area contributed by atoms with Crippen LogP contribution in [0.2, 0.25) is 0 Å². The Balaban J connectivity index is 2.41. The third kappa shape index (κ3) is 2.70. The number of hydrogen-bond acceptors (Lipinski definition) is 3. The van der Waals surface area contributed by atoms with Gasteiger partial charge in [0.15, 0.2) is 0 Å². The lowest BCUT2D eigenvalue weighted by molar-refractivity contribution is -0.144. The molecule has 1 N–H and O–H groups in total. The molecular weight excluding hydrogens is 184 g/mol. The number of carbonyl (C=O) groups is 2. The zero-order chi connectivity index (χ0) is 10.6. The van der Waals surface area contributed by atoms with E-state index in [0.717, 1.165) is 0 Å². The normalized spacial score (nSPS) is 22.4. The number of hydrogen-bond donors (Lipinski definition) is 1. The van der Waals surface area contributed by atoms with Crippen molar-refractivity contribution in [2.24, 2.45) is 0 Å². The third-order valence-corrected chi connectivity index (χ3v) is 2.10. The summed E-state index contributed by atoms with van der Waals surface area (Å²) in [7, 11) is 0. The molecule has 1 fully saturated rings. The fraction of sp³-hybridized carbons (Fsp3) is 0.778. The van der Waals surface area contributed by atoms with Crippen LogP contribution in [0.15, 0.2) is 0 Å². The number of nitrogens with one attached hydrogen (secondary N) is 1. The molecule has 0 radical (unpaired) electrons. The highest BCUT2D eigenvalue weighted by Crippen LogP contribution is 2.01. The van der Waals surface area contributed by atoms with Crippen molar-refractivity contribution in [1.29, 1.82) is 0 Å². The largest absolute Gasteiger partial charge is 0.380 e. The van der Waals surface area contributed by atoms with E-state index in [-0.39, 0.29) is 18.4 Å². The van der Waals surface area contributed by atoms with Crippen molar-refractivity contribution < 1.29 is 14.3 Å². The molecule has 5 heteroatoms. The first-order valence-electron chi connectivity index (χ1n) is 4.81. The number of nitrogens with zero attached hydrogens (tertiary/aromatic N) is 1. The van der Waals surface area contributed by atoms with E-state index < -0.39 is 6.04 Å². The molecular formula is C9H16N2O3. The minimum absolute atomic E-state index is 0.0377. The van der Waals surface area contributed by atoms with Gasteiger partial charge in [-0.25, -0.2) is 0 Å². The summed E-state index contributed by atoms with van der Waals surface area (Å²) < 4.78 is 5.13. The van der Waals surface area contributed by atoms with Crippen molar-refractivity contribution >= 4 is 11.8 Å². The Morgan fingerprint density at radius 3 is 2.93 bits per heavy atom. The lowest BCUT2D eigenvalue weighted by Gasteiger charge is -2.30. The molecule has 2 amide bonds. The third-order valence-electron chi connectivity index (χ3n) is 2.10. The van der Waals surface area contributed by atoms with Crippen LogP contribution in [0.1, 0.15) is 13.8 Å². The molecule has 80 valence electrons. The Labute approximate surface area is 83.4 Å². The summed E-state index contributed by atoms with van der Waals surface area (Å²) in [6.07, 6.45) is 0. The van der Waals surface area contributed by atoms with Crippen molar-refractivity contribution in [1.82, 2.24) is 10.2 Å². The fourth-order valence-corrected chi connectivity index (χ4v) is 1.38. The molecule has 0 aromatic rings. The van der Waals surface area contributed by atoms with Crippen LogP contribution in [0.4, 0.5) is 0 Å². The fourth-order valence-electron chi connectivity index (χ4n) is 1.38. The highest BCUT2D eigenvalue weighted by atomic mass is 16.5. The molecule has 1 aliphatic rings. The van der Waals surface area contributed by atoms with Crippen LogP contribution in [0.3, 0.4) is 0 Å². The second-order valence-electron chi connectivity index (χ2n) is 3.25. The number of carbonyl (C=O) groups excluding carboxylic acids is 2. The first-order valence-corrected chi connectivity index (χ1v) is 4.81. The van der Waals surface area contributed by atoms with E-state index in [2.05, 4.69) is 5.32 Å². The van der Waals surface area contributed by atoms with Gasteiger partial charge in [0.25, 0.3) is 0 Å². The maximum Gasteiger partial charge on any atom is 0.245 e. The summed E-state index contributed by atoms with van der Waals surface area (Å²) >= 11 is 0. The van der Waals surface area contributed by atoms with E-state index in [4.69, 9.17) is 4.74 Å². The van der Waals surface area contributed by atoms with Crippen LogP contribution in [0, 0.1) is 0 Å². The minimum atomic E-state index is -0.405. The number of piperazine rings is 1. The van der Waals surface area contributed by atoms with E-state index in [9.17, 15) is 9.59 Å². The van der Waals surface area contributed by atoms with Gasteiger partial charge in [0, 0.05) is 13.2 Å². The van der Waals surface area contributed by atoms with Crippen LogP contribution in [-0.2, 0) is 14.3 Å². The Morgan fingerprint density at radius 2 is 2.29 bits per heavy atom. The molecule has 0 aromatic heterocycles. The SMILES string of the molecule is CCOCCN1CC(=O)NC(C)C1=O. The van der Waals surface area contributed by atoms with Gasteiger partial charge in [-0.05, 0) is 13.8 Å². The van der Waals surface area contributed by atoms with Crippen LogP contribution >= 0.6 is 0 Å². The summed E-state index contributed by atoms with van der Waals surface area (Å²) in [5.74, 6) is -0.141. The summed E-state index contributed by atoms with van der Waals surface area (Å²) in [4.78, 5) is 24.2. The highest BCUT2D eigenvalue weighted by molar-refractivity contribution is 5.94. The Bertz CT molecular complexity index is 230. The first kappa shape index (κ1) is 11.0. The van der Waals surface area contributed by atoms with E-state index in [1.807, 2.05) is 6.92 Å². The van der Waals surface area contributed by atoms with Gasteiger partial charge in [-0.3, -0.25) is 9.59 Å². The van der Waals surface area contributed by atoms with Gasteiger partial charge >= 0.3 is 0 Å². The molecule has 1 atom stereocenters. The quantitative estimate of drug-likeness (QED) is 0.615. The molecule has 0 aliphatic carbocycles. The van der Waals surface area contributed by atoms with Gasteiger partial charge in [-0.2, -0.15) is 0 Å². The van der Waals surface area contributed by atoms with E-state index in [0.29, 0.717) is 19.8 Å². The van der Waals surface area contributed by atoms with Gasteiger partial charge in [-0.15, -0.1) is 0 Å². The van der Waals surface area contributed by atoms with Crippen LogP contribution in [0.25, 0.3) is 0 Å². The molecule has 0 saturated carbocycles. The van der Waals surface area contributed by atoms with Crippen molar-refractivity contribution in [2.75, 3.05) is 26.3 Å². The van der Waals surface area contributed by atoms with Crippen molar-refractivity contribution in [3.05, 3.63) is 0 Å². The van der Waals surface area contributed by atoms with Gasteiger partial charge in [0.1, 0.15) is 6.04 Å². The van der Waals surface area contributed by atoms with E-state index in [1.165, 1.54) is 4.90 Å². The smallest absolute Gasteiger partial charge is 0.245 e. The van der Waals surface area contributed by atoms with Gasteiger partial charge in [0.2, 0.25) is 11.8 Å². The molecule has 1 saturated heterocycles. The summed E-state index contributed by atoms with van der Waals surface area (Å²) in [5.41, 5.74) is 0. The topological polar surface area (TPSA) is 58.6 Å². The summed E-state index contributed by atoms with van der Waals surface area (Å²) in [6, 6.07) is -0.405. The number of ether oxygens (including phenoxy) is 1. The summed E-state index contributed by atoms with van der Waals surface area (Å²) in [5, 5.41) is 2.58. The van der Waals surface area contributed by atoms with Crippen LogP contribution < -0.4 is 5.32 Å². The molecule has 1 aliphatic heterocycles. The zero-order valence-electron chi connectivity index (χ0n) is 8.58. The average molecular weight is 200 g/mol. The first-order chi connectivity index (χ1) is 6.65. The monoisotopic (exact) mass is 200 g/mol. The molecule has 1 heterocycles. The molecule has 5 nitrogen and oxygen atoms in total. The minimum Gasteiger partial charge on any atom is -0.380 e. The predicted octanol–water partition coefficient (Wildman–Crippen LogP) is -0.630. The maximum absolute atomic E-state index is 11.5. The van der Waals surface area contributed by atoms with Crippen molar-refractivity contribution in [3.63, 3.8) is 0 Å². The lowest BCUT2D eigenvalue weighted by atomic mass is 10.2. The van der Waals surface area contributed by atoms with Gasteiger partial charge < -0.3 is 15.0 Å². The Morgan fingerprint density at radius 1 is 1.57 bits per heavy atom. The molecule has 14 heavy (non-hydrogen) atoms. The Hall–Kier alpha value is -1.10. The zero-order valence-corrected chi connectivity index (χ0v) is 8.58. The number of amides is 2. The van der Waals surface area contributed by atoms with Gasteiger partial charge in [-0.1, -0.05) is 0 Å². The molecule has 1 rings (SSSR count). The number of rotatable bonds is 4. The second-order valence-corrected chi connectivity index (χ2v) is 3.25. The van der Waals surface area contributed by atoms with Crippen LogP contribution in [0.5, 0.6) is 0 Å². The summed E-state index contributed by atoms with van der Waals surface area (Å²) in [6.45, 7) is 5.34. The Kier molecular flexibility index (Phi) is 3.88. The maximum atomic E-state index is 11.5. The molecule has 0 bridgehead atoms.